The summed E-state index contributed by atoms with van der Waals surface area (Å²) >= 11 is 1.35. The normalized spacial score (nSPS) is 11.7. The Balaban J connectivity index is 1.84. The van der Waals surface area contributed by atoms with Gasteiger partial charge in [-0.05, 0) is 30.5 Å². The van der Waals surface area contributed by atoms with Gasteiger partial charge in [-0.3, -0.25) is 4.79 Å². The SMILES string of the molecule is Cc1ccc(C(=O)COC(=O)[C@@H](NC(=O)OCc2ccccc2)C(C)C)s1. The average molecular weight is 389 g/mol. The van der Waals surface area contributed by atoms with Crippen LogP contribution in [-0.4, -0.2) is 30.5 Å². The maximum absolute atomic E-state index is 12.3. The Hall–Kier alpha value is -2.67. The molecule has 0 aliphatic carbocycles. The summed E-state index contributed by atoms with van der Waals surface area (Å²) in [6, 6.07) is 11.9. The lowest BCUT2D eigenvalue weighted by Gasteiger charge is -2.20. The van der Waals surface area contributed by atoms with Gasteiger partial charge < -0.3 is 14.8 Å². The predicted octanol–water partition coefficient (Wildman–Crippen LogP) is 3.73. The van der Waals surface area contributed by atoms with Crippen LogP contribution in [-0.2, 0) is 20.9 Å². The molecule has 1 aromatic carbocycles. The summed E-state index contributed by atoms with van der Waals surface area (Å²) in [5.74, 6) is -1.15. The molecule has 0 aliphatic heterocycles. The number of hydrogen-bond donors (Lipinski definition) is 1. The minimum absolute atomic E-state index is 0.1000. The van der Waals surface area contributed by atoms with Crippen molar-refractivity contribution in [3.05, 3.63) is 57.8 Å². The molecule has 0 unspecified atom stereocenters. The lowest BCUT2D eigenvalue weighted by Crippen LogP contribution is -2.45. The number of aryl methyl sites for hydroxylation is 1. The predicted molar refractivity (Wildman–Crippen MR) is 103 cm³/mol. The number of hydrogen-bond acceptors (Lipinski definition) is 6. The van der Waals surface area contributed by atoms with E-state index in [4.69, 9.17) is 9.47 Å². The largest absolute Gasteiger partial charge is 0.456 e. The fraction of sp³-hybridized carbons (Fsp3) is 0.350. The second-order valence-electron chi connectivity index (χ2n) is 6.37. The first-order valence-corrected chi connectivity index (χ1v) is 9.42. The topological polar surface area (TPSA) is 81.7 Å². The molecule has 0 saturated carbocycles. The molecule has 1 N–H and O–H groups in total. The van der Waals surface area contributed by atoms with E-state index in [0.717, 1.165) is 10.4 Å². The van der Waals surface area contributed by atoms with Gasteiger partial charge in [0.15, 0.2) is 6.61 Å². The standard InChI is InChI=1S/C20H23NO5S/c1-13(2)18(21-20(24)26-11-15-7-5-4-6-8-15)19(23)25-12-16(22)17-10-9-14(3)27-17/h4-10,13,18H,11-12H2,1-3H3,(H,21,24)/t18-/m0/s1. The van der Waals surface area contributed by atoms with E-state index in [9.17, 15) is 14.4 Å². The van der Waals surface area contributed by atoms with Crippen LogP contribution in [0.1, 0.15) is 34.0 Å². The van der Waals surface area contributed by atoms with Gasteiger partial charge in [-0.15, -0.1) is 11.3 Å². The van der Waals surface area contributed by atoms with Crippen molar-refractivity contribution in [1.29, 1.82) is 0 Å². The van der Waals surface area contributed by atoms with Crippen LogP contribution in [0.2, 0.25) is 0 Å². The van der Waals surface area contributed by atoms with E-state index in [1.54, 1.807) is 19.9 Å². The number of alkyl carbamates (subject to hydrolysis) is 1. The highest BCUT2D eigenvalue weighted by atomic mass is 32.1. The van der Waals surface area contributed by atoms with Crippen molar-refractivity contribution in [3.63, 3.8) is 0 Å². The summed E-state index contributed by atoms with van der Waals surface area (Å²) in [4.78, 5) is 37.9. The molecule has 1 amide bonds. The zero-order chi connectivity index (χ0) is 19.8. The fourth-order valence-corrected chi connectivity index (χ4v) is 3.06. The monoisotopic (exact) mass is 389 g/mol. The first-order chi connectivity index (χ1) is 12.9. The van der Waals surface area contributed by atoms with E-state index in [0.29, 0.717) is 4.88 Å². The first-order valence-electron chi connectivity index (χ1n) is 8.60. The Kier molecular flexibility index (Phi) is 7.55. The van der Waals surface area contributed by atoms with E-state index < -0.39 is 18.1 Å². The number of rotatable bonds is 8. The van der Waals surface area contributed by atoms with Crippen molar-refractivity contribution in [2.75, 3.05) is 6.61 Å². The Labute approximate surface area is 162 Å². The van der Waals surface area contributed by atoms with E-state index >= 15 is 0 Å². The third kappa shape index (κ3) is 6.53. The van der Waals surface area contributed by atoms with E-state index in [1.165, 1.54) is 11.3 Å². The third-order valence-corrected chi connectivity index (χ3v) is 4.81. The third-order valence-electron chi connectivity index (χ3n) is 3.77. The van der Waals surface area contributed by atoms with Crippen molar-refractivity contribution in [3.8, 4) is 0 Å². The quantitative estimate of drug-likeness (QED) is 0.549. The lowest BCUT2D eigenvalue weighted by atomic mass is 10.1. The van der Waals surface area contributed by atoms with Crippen LogP contribution in [0.25, 0.3) is 0 Å². The molecule has 1 atom stereocenters. The second-order valence-corrected chi connectivity index (χ2v) is 7.66. The van der Waals surface area contributed by atoms with Gasteiger partial charge in [0.2, 0.25) is 5.78 Å². The number of esters is 1. The molecule has 0 radical (unpaired) electrons. The molecular formula is C20H23NO5S. The number of ketones is 1. The zero-order valence-electron chi connectivity index (χ0n) is 15.6. The number of carbonyl (C=O) groups excluding carboxylic acids is 3. The highest BCUT2D eigenvalue weighted by Gasteiger charge is 2.27. The van der Waals surface area contributed by atoms with E-state index in [2.05, 4.69) is 5.32 Å². The molecule has 0 spiro atoms. The number of carbonyl (C=O) groups is 3. The van der Waals surface area contributed by atoms with Crippen molar-refractivity contribution in [2.45, 2.75) is 33.4 Å². The number of benzene rings is 1. The molecule has 27 heavy (non-hydrogen) atoms. The molecule has 1 heterocycles. The smallest absolute Gasteiger partial charge is 0.408 e. The van der Waals surface area contributed by atoms with Gasteiger partial charge in [-0.1, -0.05) is 44.2 Å². The second kappa shape index (κ2) is 9.87. The number of thiophene rings is 1. The molecule has 6 nitrogen and oxygen atoms in total. The molecule has 1 aromatic heterocycles. The first kappa shape index (κ1) is 20.6. The Morgan fingerprint density at radius 3 is 2.33 bits per heavy atom. The van der Waals surface area contributed by atoms with Gasteiger partial charge in [0, 0.05) is 4.88 Å². The highest BCUT2D eigenvalue weighted by Crippen LogP contribution is 2.16. The van der Waals surface area contributed by atoms with Gasteiger partial charge in [-0.25, -0.2) is 9.59 Å². The van der Waals surface area contributed by atoms with Crippen molar-refractivity contribution in [2.24, 2.45) is 5.92 Å². The van der Waals surface area contributed by atoms with Crippen LogP contribution < -0.4 is 5.32 Å². The Morgan fingerprint density at radius 1 is 1.04 bits per heavy atom. The number of amides is 1. The van der Waals surface area contributed by atoms with Crippen LogP contribution in [0, 0.1) is 12.8 Å². The van der Waals surface area contributed by atoms with Gasteiger partial charge in [0.05, 0.1) is 4.88 Å². The molecule has 0 fully saturated rings. The minimum Gasteiger partial charge on any atom is -0.456 e. The molecule has 2 aromatic rings. The van der Waals surface area contributed by atoms with E-state index in [-0.39, 0.29) is 24.9 Å². The van der Waals surface area contributed by atoms with Crippen LogP contribution >= 0.6 is 11.3 Å². The zero-order valence-corrected chi connectivity index (χ0v) is 16.4. The molecule has 0 bridgehead atoms. The number of nitrogens with one attached hydrogen (secondary N) is 1. The summed E-state index contributed by atoms with van der Waals surface area (Å²) < 4.78 is 10.2. The lowest BCUT2D eigenvalue weighted by molar-refractivity contribution is -0.146. The molecular weight excluding hydrogens is 366 g/mol. The van der Waals surface area contributed by atoms with Gasteiger partial charge in [-0.2, -0.15) is 0 Å². The van der Waals surface area contributed by atoms with Crippen LogP contribution in [0.4, 0.5) is 4.79 Å². The van der Waals surface area contributed by atoms with Crippen LogP contribution in [0.15, 0.2) is 42.5 Å². The summed E-state index contributed by atoms with van der Waals surface area (Å²) in [6.45, 7) is 5.18. The summed E-state index contributed by atoms with van der Waals surface area (Å²) in [5.41, 5.74) is 0.841. The molecule has 144 valence electrons. The van der Waals surface area contributed by atoms with Crippen LogP contribution in [0.5, 0.6) is 0 Å². The fourth-order valence-electron chi connectivity index (χ4n) is 2.27. The highest BCUT2D eigenvalue weighted by molar-refractivity contribution is 7.14. The Bertz CT molecular complexity index is 785. The maximum atomic E-state index is 12.3. The summed E-state index contributed by atoms with van der Waals surface area (Å²) in [5, 5.41) is 2.51. The van der Waals surface area contributed by atoms with Gasteiger partial charge >= 0.3 is 12.1 Å². The average Bonchev–Trinajstić information content (AvgIpc) is 3.09. The van der Waals surface area contributed by atoms with Crippen LogP contribution in [0.3, 0.4) is 0 Å². The van der Waals surface area contributed by atoms with Crippen molar-refractivity contribution >= 4 is 29.2 Å². The maximum Gasteiger partial charge on any atom is 0.408 e. The minimum atomic E-state index is -0.897. The van der Waals surface area contributed by atoms with Gasteiger partial charge in [0.25, 0.3) is 0 Å². The van der Waals surface area contributed by atoms with Crippen molar-refractivity contribution < 1.29 is 23.9 Å². The molecule has 0 aliphatic rings. The number of Topliss-reactive ketones (excluding diaryl/α,β-unsaturated/α-hetero) is 1. The van der Waals surface area contributed by atoms with Crippen molar-refractivity contribution in [1.82, 2.24) is 5.32 Å². The summed E-state index contributed by atoms with van der Waals surface area (Å²) in [7, 11) is 0. The Morgan fingerprint density at radius 2 is 1.74 bits per heavy atom. The molecule has 2 rings (SSSR count). The number of ether oxygens (including phenoxy) is 2. The van der Waals surface area contributed by atoms with E-state index in [1.807, 2.05) is 43.3 Å². The van der Waals surface area contributed by atoms with Gasteiger partial charge in [0.1, 0.15) is 12.6 Å². The summed E-state index contributed by atoms with van der Waals surface area (Å²) in [6.07, 6.45) is -0.713. The molecule has 7 heteroatoms. The molecule has 0 saturated heterocycles.